The molecule has 1 rings (SSSR count). The van der Waals surface area contributed by atoms with E-state index in [1.807, 2.05) is 0 Å². The number of carbonyl (C=O) groups is 2. The second kappa shape index (κ2) is 6.64. The van der Waals surface area contributed by atoms with Gasteiger partial charge in [0, 0.05) is 0 Å². The molecule has 0 bridgehead atoms. The Morgan fingerprint density at radius 1 is 1.28 bits per heavy atom. The Balaban J connectivity index is 2.73. The average molecular weight is 252 g/mol. The Kier molecular flexibility index (Phi) is 5.17. The lowest BCUT2D eigenvalue weighted by atomic mass is 10.2. The zero-order valence-corrected chi connectivity index (χ0v) is 10.6. The second-order valence-corrected chi connectivity index (χ2v) is 3.50. The molecule has 0 aliphatic heterocycles. The van der Waals surface area contributed by atoms with Gasteiger partial charge in [-0.2, -0.15) is 0 Å². The van der Waals surface area contributed by atoms with Crippen molar-refractivity contribution in [3.05, 3.63) is 29.8 Å². The lowest BCUT2D eigenvalue weighted by Gasteiger charge is -2.13. The Bertz CT molecular complexity index is 427. The fraction of sp³-hybridized carbons (Fsp3) is 0.385. The van der Waals surface area contributed by atoms with E-state index in [4.69, 9.17) is 14.2 Å². The number of esters is 2. The second-order valence-electron chi connectivity index (χ2n) is 3.50. The molecule has 18 heavy (non-hydrogen) atoms. The fourth-order valence-electron chi connectivity index (χ4n) is 1.35. The standard InChI is InChI=1S/C13H16O5/c1-4-17-12(14)9(2)18-13(15)10-7-5-6-8-11(10)16-3/h5-9H,4H2,1-3H3/t9-/m0/s1. The Morgan fingerprint density at radius 2 is 1.94 bits per heavy atom. The van der Waals surface area contributed by atoms with Gasteiger partial charge in [-0.3, -0.25) is 0 Å². The van der Waals surface area contributed by atoms with Gasteiger partial charge in [-0.25, -0.2) is 9.59 Å². The van der Waals surface area contributed by atoms with Gasteiger partial charge in [0.25, 0.3) is 0 Å². The SMILES string of the molecule is CCOC(=O)[C@H](C)OC(=O)c1ccccc1OC. The summed E-state index contributed by atoms with van der Waals surface area (Å²) in [7, 11) is 1.46. The van der Waals surface area contributed by atoms with Crippen LogP contribution in [0.1, 0.15) is 24.2 Å². The van der Waals surface area contributed by atoms with Crippen molar-refractivity contribution in [1.82, 2.24) is 0 Å². The number of carbonyl (C=O) groups excluding carboxylic acids is 2. The van der Waals surface area contributed by atoms with Crippen molar-refractivity contribution in [1.29, 1.82) is 0 Å². The van der Waals surface area contributed by atoms with Crippen molar-refractivity contribution in [2.24, 2.45) is 0 Å². The summed E-state index contributed by atoms with van der Waals surface area (Å²) < 4.78 is 14.8. The summed E-state index contributed by atoms with van der Waals surface area (Å²) in [4.78, 5) is 23.2. The van der Waals surface area contributed by atoms with Gasteiger partial charge in [0.15, 0.2) is 6.10 Å². The maximum atomic E-state index is 11.8. The molecule has 0 aliphatic carbocycles. The number of rotatable bonds is 5. The molecule has 1 atom stereocenters. The quantitative estimate of drug-likeness (QED) is 0.748. The van der Waals surface area contributed by atoms with E-state index in [0.717, 1.165) is 0 Å². The minimum atomic E-state index is -0.942. The number of para-hydroxylation sites is 1. The van der Waals surface area contributed by atoms with Crippen LogP contribution < -0.4 is 4.74 Å². The molecular weight excluding hydrogens is 236 g/mol. The van der Waals surface area contributed by atoms with E-state index in [0.29, 0.717) is 5.75 Å². The van der Waals surface area contributed by atoms with Crippen molar-refractivity contribution >= 4 is 11.9 Å². The highest BCUT2D eigenvalue weighted by molar-refractivity contribution is 5.94. The van der Waals surface area contributed by atoms with Gasteiger partial charge in [0.2, 0.25) is 0 Å². The van der Waals surface area contributed by atoms with Crippen LogP contribution in [0.25, 0.3) is 0 Å². The lowest BCUT2D eigenvalue weighted by Crippen LogP contribution is -2.26. The van der Waals surface area contributed by atoms with Crippen molar-refractivity contribution in [2.45, 2.75) is 20.0 Å². The van der Waals surface area contributed by atoms with E-state index >= 15 is 0 Å². The zero-order valence-electron chi connectivity index (χ0n) is 10.6. The van der Waals surface area contributed by atoms with E-state index in [1.54, 1.807) is 31.2 Å². The van der Waals surface area contributed by atoms with E-state index in [1.165, 1.54) is 14.0 Å². The van der Waals surface area contributed by atoms with Crippen molar-refractivity contribution < 1.29 is 23.8 Å². The molecule has 0 radical (unpaired) electrons. The topological polar surface area (TPSA) is 61.8 Å². The predicted octanol–water partition coefficient (Wildman–Crippen LogP) is 1.80. The van der Waals surface area contributed by atoms with E-state index in [-0.39, 0.29) is 12.2 Å². The minimum absolute atomic E-state index is 0.245. The Morgan fingerprint density at radius 3 is 2.56 bits per heavy atom. The van der Waals surface area contributed by atoms with Gasteiger partial charge in [0.05, 0.1) is 13.7 Å². The molecule has 0 saturated heterocycles. The molecule has 0 saturated carbocycles. The molecule has 1 aromatic carbocycles. The normalized spacial score (nSPS) is 11.5. The largest absolute Gasteiger partial charge is 0.496 e. The molecule has 0 unspecified atom stereocenters. The van der Waals surface area contributed by atoms with E-state index in [9.17, 15) is 9.59 Å². The van der Waals surface area contributed by atoms with Crippen LogP contribution in [0.2, 0.25) is 0 Å². The molecular formula is C13H16O5. The minimum Gasteiger partial charge on any atom is -0.496 e. The van der Waals surface area contributed by atoms with Crippen LogP contribution in [0.5, 0.6) is 5.75 Å². The first kappa shape index (κ1) is 14.0. The van der Waals surface area contributed by atoms with E-state index in [2.05, 4.69) is 0 Å². The van der Waals surface area contributed by atoms with Crippen LogP contribution in [-0.2, 0) is 14.3 Å². The molecule has 0 N–H and O–H groups in total. The summed E-state index contributed by atoms with van der Waals surface area (Å²) in [6.45, 7) is 3.40. The van der Waals surface area contributed by atoms with Gasteiger partial charge >= 0.3 is 11.9 Å². The van der Waals surface area contributed by atoms with Crippen molar-refractivity contribution in [3.8, 4) is 5.75 Å². The number of ether oxygens (including phenoxy) is 3. The van der Waals surface area contributed by atoms with Crippen LogP contribution in [0, 0.1) is 0 Å². The molecule has 1 aromatic rings. The third-order valence-electron chi connectivity index (χ3n) is 2.23. The number of hydrogen-bond donors (Lipinski definition) is 0. The highest BCUT2D eigenvalue weighted by Crippen LogP contribution is 2.18. The zero-order chi connectivity index (χ0) is 13.5. The molecule has 0 aromatic heterocycles. The molecule has 0 spiro atoms. The highest BCUT2D eigenvalue weighted by Gasteiger charge is 2.21. The number of methoxy groups -OCH3 is 1. The smallest absolute Gasteiger partial charge is 0.347 e. The van der Waals surface area contributed by atoms with Crippen LogP contribution in [0.15, 0.2) is 24.3 Å². The highest BCUT2D eigenvalue weighted by atomic mass is 16.6. The maximum Gasteiger partial charge on any atom is 0.347 e. The van der Waals surface area contributed by atoms with Gasteiger partial charge in [0.1, 0.15) is 11.3 Å². The monoisotopic (exact) mass is 252 g/mol. The molecule has 5 nitrogen and oxygen atoms in total. The van der Waals surface area contributed by atoms with E-state index < -0.39 is 18.0 Å². The summed E-state index contributed by atoms with van der Waals surface area (Å²) in [5.41, 5.74) is 0.274. The molecule has 0 aliphatic rings. The summed E-state index contributed by atoms with van der Waals surface area (Å²) in [6.07, 6.45) is -0.942. The number of benzene rings is 1. The first-order valence-electron chi connectivity index (χ1n) is 5.60. The molecule has 98 valence electrons. The third kappa shape index (κ3) is 3.48. The predicted molar refractivity (Wildman–Crippen MR) is 64.5 cm³/mol. The molecule has 0 fully saturated rings. The lowest BCUT2D eigenvalue weighted by molar-refractivity contribution is -0.152. The van der Waals surface area contributed by atoms with Gasteiger partial charge in [-0.05, 0) is 26.0 Å². The summed E-state index contributed by atoms with van der Waals surface area (Å²) in [6, 6.07) is 6.64. The summed E-state index contributed by atoms with van der Waals surface area (Å²) >= 11 is 0. The molecule has 0 heterocycles. The molecule has 5 heteroatoms. The number of hydrogen-bond acceptors (Lipinski definition) is 5. The van der Waals surface area contributed by atoms with Crippen LogP contribution in [0.4, 0.5) is 0 Å². The maximum absolute atomic E-state index is 11.8. The third-order valence-corrected chi connectivity index (χ3v) is 2.23. The Hall–Kier alpha value is -2.04. The van der Waals surface area contributed by atoms with Gasteiger partial charge in [-0.15, -0.1) is 0 Å². The first-order valence-corrected chi connectivity index (χ1v) is 5.60. The van der Waals surface area contributed by atoms with Crippen LogP contribution in [0.3, 0.4) is 0 Å². The van der Waals surface area contributed by atoms with Gasteiger partial charge in [-0.1, -0.05) is 12.1 Å². The average Bonchev–Trinajstić information content (AvgIpc) is 2.38. The van der Waals surface area contributed by atoms with Crippen LogP contribution in [-0.4, -0.2) is 31.8 Å². The fourth-order valence-corrected chi connectivity index (χ4v) is 1.35. The van der Waals surface area contributed by atoms with Crippen molar-refractivity contribution in [2.75, 3.05) is 13.7 Å². The van der Waals surface area contributed by atoms with Gasteiger partial charge < -0.3 is 14.2 Å². The summed E-state index contributed by atoms with van der Waals surface area (Å²) in [5.74, 6) is -0.785. The molecule has 0 amide bonds. The Labute approximate surface area is 106 Å². The van der Waals surface area contributed by atoms with Crippen molar-refractivity contribution in [3.63, 3.8) is 0 Å². The summed E-state index contributed by atoms with van der Waals surface area (Å²) in [5, 5.41) is 0. The first-order chi connectivity index (χ1) is 8.60. The van der Waals surface area contributed by atoms with Crippen LogP contribution >= 0.6 is 0 Å².